The van der Waals surface area contributed by atoms with Crippen LogP contribution >= 0.6 is 0 Å². The highest BCUT2D eigenvalue weighted by Gasteiger charge is 2.11. The van der Waals surface area contributed by atoms with Crippen molar-refractivity contribution in [2.24, 2.45) is 0 Å². The van der Waals surface area contributed by atoms with E-state index in [4.69, 9.17) is 18.9 Å². The van der Waals surface area contributed by atoms with Crippen molar-refractivity contribution in [3.8, 4) is 0 Å². The van der Waals surface area contributed by atoms with Crippen LogP contribution in [-0.4, -0.2) is 15.7 Å². The Balaban J connectivity index is 0. The predicted molar refractivity (Wildman–Crippen MR) is 10.4 cm³/mol. The molecule has 0 saturated carbocycles. The molecule has 0 aromatic carbocycles. The zero-order valence-corrected chi connectivity index (χ0v) is 5.65. The Morgan fingerprint density at radius 3 is 1.14 bits per heavy atom. The summed E-state index contributed by atoms with van der Waals surface area (Å²) in [6.45, 7) is 0. The molecule has 0 rings (SSSR count). The summed E-state index contributed by atoms with van der Waals surface area (Å²) in [5.41, 5.74) is 0. The van der Waals surface area contributed by atoms with Crippen molar-refractivity contribution >= 4 is 0 Å². The minimum Gasteiger partial charge on any atom is -0.400 e. The van der Waals surface area contributed by atoms with Crippen molar-refractivity contribution in [1.82, 2.24) is 0 Å². The third-order valence-electron chi connectivity index (χ3n) is 0. The van der Waals surface area contributed by atoms with Crippen LogP contribution in [0.1, 0.15) is 0 Å². The van der Waals surface area contributed by atoms with Crippen LogP contribution < -0.4 is 30.4 Å². The summed E-state index contributed by atoms with van der Waals surface area (Å²) < 4.78 is 33.2. The Morgan fingerprint density at radius 1 is 1.14 bits per heavy atom. The van der Waals surface area contributed by atoms with E-state index in [1.807, 2.05) is 0 Å². The molecule has 0 aliphatic heterocycles. The van der Waals surface area contributed by atoms with Crippen molar-refractivity contribution in [2.75, 3.05) is 7.11 Å². The third kappa shape index (κ3) is 477. The van der Waals surface area contributed by atoms with Gasteiger partial charge < -0.3 is 5.11 Å². The fourth-order valence-electron chi connectivity index (χ4n) is 0. The van der Waals surface area contributed by atoms with Gasteiger partial charge in [0.1, 0.15) is 0 Å². The van der Waals surface area contributed by atoms with Crippen LogP contribution in [0, 0.1) is 0 Å². The third-order valence-corrected chi connectivity index (χ3v) is 0. The monoisotopic (exact) mass is 224 g/mol. The van der Waals surface area contributed by atoms with E-state index in [0.717, 1.165) is 7.11 Å². The smallest absolute Gasteiger partial charge is 0.368 e. The van der Waals surface area contributed by atoms with Crippen molar-refractivity contribution in [1.29, 1.82) is 0 Å². The maximum absolute atomic E-state index is 8.73. The molecular weight excluding hydrogens is 219 g/mol. The lowest BCUT2D eigenvalue weighted by atomic mass is 11.8. The molecule has 0 atom stereocenters. The van der Waals surface area contributed by atoms with Crippen LogP contribution in [0.25, 0.3) is 0 Å². The molecule has 0 amide bonds. The molecule has 0 saturated heterocycles. The number of hydrogen-bond donors (Lipinski definition) is 2. The zero-order valence-electron chi connectivity index (χ0n) is 3.50. The molecular formula is CH5IO5. The van der Waals surface area contributed by atoms with Gasteiger partial charge in [-0.05, 0) is 0 Å². The first-order valence-electron chi connectivity index (χ1n) is 1.08. The van der Waals surface area contributed by atoms with Gasteiger partial charge in [0.25, 0.3) is 0 Å². The van der Waals surface area contributed by atoms with E-state index in [2.05, 4.69) is 0 Å². The molecule has 7 heavy (non-hydrogen) atoms. The van der Waals surface area contributed by atoms with Crippen LogP contribution in [0.4, 0.5) is 0 Å². The number of rotatable bonds is 0. The second kappa shape index (κ2) is 4.68. The summed E-state index contributed by atoms with van der Waals surface area (Å²) in [5, 5.41) is 7.00. The van der Waals surface area contributed by atoms with E-state index in [9.17, 15) is 0 Å². The Kier molecular flexibility index (Phi) is 7.02. The second-order valence-corrected chi connectivity index (χ2v) is 2.66. The van der Waals surface area contributed by atoms with E-state index >= 15 is 0 Å². The normalized spacial score (nSPS) is 9.43. The van der Waals surface area contributed by atoms with Gasteiger partial charge in [0, 0.05) is 10.5 Å². The van der Waals surface area contributed by atoms with Crippen molar-refractivity contribution in [3.05, 3.63) is 0 Å². The largest absolute Gasteiger partial charge is 0.400 e. The highest BCUT2D eigenvalue weighted by molar-refractivity contribution is 3.18. The summed E-state index contributed by atoms with van der Waals surface area (Å²) in [4.78, 5) is 0. The lowest BCUT2D eigenvalue weighted by molar-refractivity contribution is -1.92. The van der Waals surface area contributed by atoms with Gasteiger partial charge in [0.05, 0.1) is 0 Å². The molecule has 0 aromatic rings. The SMILES string of the molecule is CO.[O-][I+3]([O-])([O-])O. The summed E-state index contributed by atoms with van der Waals surface area (Å²) in [6.07, 6.45) is 0. The summed E-state index contributed by atoms with van der Waals surface area (Å²) >= 11 is -5.69. The molecule has 5 nitrogen and oxygen atoms in total. The van der Waals surface area contributed by atoms with Crippen molar-refractivity contribution in [2.45, 2.75) is 0 Å². The van der Waals surface area contributed by atoms with Gasteiger partial charge in [-0.15, -0.1) is 0 Å². The predicted octanol–water partition coefficient (Wildman–Crippen LogP) is -7.51. The van der Waals surface area contributed by atoms with Gasteiger partial charge in [-0.25, -0.2) is 0 Å². The Labute approximate surface area is 46.6 Å². The number of aliphatic hydroxyl groups is 1. The minimum atomic E-state index is -5.69. The molecule has 0 radical (unpaired) electrons. The number of hydrogen-bond acceptors (Lipinski definition) is 5. The number of halogens is 1. The second-order valence-electron chi connectivity index (χ2n) is 0.396. The first kappa shape index (κ1) is 10.5. The van der Waals surface area contributed by atoms with Gasteiger partial charge in [0.2, 0.25) is 0 Å². The van der Waals surface area contributed by atoms with Crippen LogP contribution in [0.3, 0.4) is 0 Å². The van der Waals surface area contributed by atoms with E-state index in [1.165, 1.54) is 0 Å². The fourth-order valence-corrected chi connectivity index (χ4v) is 0. The average Bonchev–Trinajstić information content (AvgIpc) is 1.36. The van der Waals surface area contributed by atoms with E-state index < -0.39 is 20.1 Å². The number of aliphatic hydroxyl groups excluding tert-OH is 1. The summed E-state index contributed by atoms with van der Waals surface area (Å²) in [7, 11) is 1.00. The summed E-state index contributed by atoms with van der Waals surface area (Å²) in [5.74, 6) is 0. The van der Waals surface area contributed by atoms with Gasteiger partial charge >= 0.3 is 20.1 Å². The molecule has 0 spiro atoms. The molecule has 0 heterocycles. The highest BCUT2D eigenvalue weighted by Crippen LogP contribution is 0.755. The maximum atomic E-state index is 8.73. The molecule has 0 aliphatic rings. The molecule has 0 unspecified atom stereocenters. The molecule has 6 heteroatoms. The van der Waals surface area contributed by atoms with Crippen LogP contribution in [0.15, 0.2) is 0 Å². The van der Waals surface area contributed by atoms with Crippen molar-refractivity contribution < 1.29 is 38.9 Å². The lowest BCUT2D eigenvalue weighted by Crippen LogP contribution is -4.23. The standard InChI is InChI=1S/CH4O.HIO4/c1-2;2-1(3,4)5/h2H,1H3;2H. The molecule has 0 aromatic heterocycles. The summed E-state index contributed by atoms with van der Waals surface area (Å²) in [6, 6.07) is 0. The molecule has 0 bridgehead atoms. The first-order chi connectivity index (χ1) is 3.00. The van der Waals surface area contributed by atoms with Gasteiger partial charge in [0.15, 0.2) is 0 Å². The van der Waals surface area contributed by atoms with E-state index in [1.54, 1.807) is 0 Å². The molecule has 2 N–H and O–H groups in total. The van der Waals surface area contributed by atoms with E-state index in [-0.39, 0.29) is 0 Å². The molecule has 46 valence electrons. The fraction of sp³-hybridized carbons (Fsp3) is 1.00. The lowest BCUT2D eigenvalue weighted by Gasteiger charge is -1.93. The zero-order chi connectivity index (χ0) is 6.50. The van der Waals surface area contributed by atoms with Crippen molar-refractivity contribution in [3.63, 3.8) is 0 Å². The van der Waals surface area contributed by atoms with Crippen LogP contribution in [0.2, 0.25) is 0 Å². The first-order valence-corrected chi connectivity index (χ1v) is 4.69. The van der Waals surface area contributed by atoms with E-state index in [0.29, 0.717) is 0 Å². The van der Waals surface area contributed by atoms with Gasteiger partial charge in [-0.1, -0.05) is 0 Å². The van der Waals surface area contributed by atoms with Crippen LogP contribution in [-0.2, 0) is 0 Å². The van der Waals surface area contributed by atoms with Gasteiger partial charge in [-0.2, -0.15) is 0 Å². The highest BCUT2D eigenvalue weighted by atomic mass is 127. The topological polar surface area (TPSA) is 110 Å². The van der Waals surface area contributed by atoms with Gasteiger partial charge in [-0.3, -0.25) is 10.3 Å². The quantitative estimate of drug-likeness (QED) is 0.397. The Hall–Kier alpha value is 0.530. The maximum Gasteiger partial charge on any atom is 0.368 e. The Morgan fingerprint density at radius 2 is 1.14 bits per heavy atom. The Bertz CT molecular complexity index is 23.6. The minimum absolute atomic E-state index is 1.00. The molecule has 0 aliphatic carbocycles. The average molecular weight is 224 g/mol. The molecule has 0 fully saturated rings. The van der Waals surface area contributed by atoms with Crippen LogP contribution in [0.5, 0.6) is 0 Å².